The molecular weight excluding hydrogens is 260 g/mol. The van der Waals surface area contributed by atoms with Gasteiger partial charge in [-0.2, -0.15) is 0 Å². The molecule has 1 saturated carbocycles. The molecule has 1 fully saturated rings. The first-order chi connectivity index (χ1) is 9.12. The Kier molecular flexibility index (Phi) is 4.96. The van der Waals surface area contributed by atoms with Gasteiger partial charge in [0.05, 0.1) is 4.90 Å². The molecule has 0 heterocycles. The first kappa shape index (κ1) is 14.5. The second-order valence-electron chi connectivity index (χ2n) is 5.06. The van der Waals surface area contributed by atoms with Crippen LogP contribution in [0.3, 0.4) is 0 Å². The molecule has 1 aromatic carbocycles. The summed E-state index contributed by atoms with van der Waals surface area (Å²) >= 11 is 0. The summed E-state index contributed by atoms with van der Waals surface area (Å²) in [6.45, 7) is 4.14. The molecule has 19 heavy (non-hydrogen) atoms. The van der Waals surface area contributed by atoms with Crippen molar-refractivity contribution in [3.05, 3.63) is 29.8 Å². The minimum Gasteiger partial charge on any atom is -0.313 e. The normalized spacial score (nSPS) is 15.6. The van der Waals surface area contributed by atoms with Crippen molar-refractivity contribution in [2.75, 3.05) is 13.1 Å². The molecule has 0 aromatic heterocycles. The highest BCUT2D eigenvalue weighted by atomic mass is 32.2. The topological polar surface area (TPSA) is 58.2 Å². The Morgan fingerprint density at radius 1 is 1.32 bits per heavy atom. The lowest BCUT2D eigenvalue weighted by atomic mass is 10.2. The first-order valence-corrected chi connectivity index (χ1v) is 8.39. The van der Waals surface area contributed by atoms with Gasteiger partial charge in [-0.1, -0.05) is 31.9 Å². The van der Waals surface area contributed by atoms with Gasteiger partial charge < -0.3 is 5.32 Å². The quantitative estimate of drug-likeness (QED) is 0.765. The molecule has 0 spiro atoms. The SMILES string of the molecule is CCNCc1cccc(S(=O)(=O)NCCC2CC2)c1. The molecular formula is C14H22N2O2S. The zero-order chi connectivity index (χ0) is 13.7. The Labute approximate surface area is 115 Å². The van der Waals surface area contributed by atoms with Crippen molar-refractivity contribution in [3.63, 3.8) is 0 Å². The average Bonchev–Trinajstić information content (AvgIpc) is 3.21. The smallest absolute Gasteiger partial charge is 0.240 e. The third-order valence-electron chi connectivity index (χ3n) is 3.33. The summed E-state index contributed by atoms with van der Waals surface area (Å²) in [5.74, 6) is 0.739. The van der Waals surface area contributed by atoms with E-state index in [4.69, 9.17) is 0 Å². The van der Waals surface area contributed by atoms with E-state index in [9.17, 15) is 8.42 Å². The number of hydrogen-bond donors (Lipinski definition) is 2. The van der Waals surface area contributed by atoms with Crippen LogP contribution in [-0.2, 0) is 16.6 Å². The molecule has 0 aliphatic heterocycles. The monoisotopic (exact) mass is 282 g/mol. The van der Waals surface area contributed by atoms with Crippen molar-refractivity contribution < 1.29 is 8.42 Å². The van der Waals surface area contributed by atoms with Gasteiger partial charge in [0.25, 0.3) is 0 Å². The molecule has 0 bridgehead atoms. The van der Waals surface area contributed by atoms with Crippen LogP contribution in [0.15, 0.2) is 29.2 Å². The molecule has 1 aromatic rings. The largest absolute Gasteiger partial charge is 0.313 e. The molecule has 0 unspecified atom stereocenters. The highest BCUT2D eigenvalue weighted by molar-refractivity contribution is 7.89. The third kappa shape index (κ3) is 4.60. The van der Waals surface area contributed by atoms with E-state index < -0.39 is 10.0 Å². The van der Waals surface area contributed by atoms with Crippen LogP contribution < -0.4 is 10.0 Å². The van der Waals surface area contributed by atoms with E-state index >= 15 is 0 Å². The molecule has 106 valence electrons. The Bertz CT molecular complexity index is 510. The van der Waals surface area contributed by atoms with Gasteiger partial charge in [-0.3, -0.25) is 0 Å². The molecule has 0 atom stereocenters. The number of sulfonamides is 1. The molecule has 1 aliphatic carbocycles. The van der Waals surface area contributed by atoms with Crippen LogP contribution in [0.25, 0.3) is 0 Å². The van der Waals surface area contributed by atoms with Gasteiger partial charge in [0.2, 0.25) is 10.0 Å². The lowest BCUT2D eigenvalue weighted by Crippen LogP contribution is -2.25. The summed E-state index contributed by atoms with van der Waals surface area (Å²) in [5.41, 5.74) is 0.993. The zero-order valence-electron chi connectivity index (χ0n) is 11.4. The summed E-state index contributed by atoms with van der Waals surface area (Å²) < 4.78 is 26.9. The lowest BCUT2D eigenvalue weighted by Gasteiger charge is -2.08. The Hall–Kier alpha value is -0.910. The van der Waals surface area contributed by atoms with Crippen LogP contribution in [0.4, 0.5) is 0 Å². The maximum Gasteiger partial charge on any atom is 0.240 e. The van der Waals surface area contributed by atoms with Gasteiger partial charge >= 0.3 is 0 Å². The van der Waals surface area contributed by atoms with Gasteiger partial charge in [0.1, 0.15) is 0 Å². The second kappa shape index (κ2) is 6.50. The third-order valence-corrected chi connectivity index (χ3v) is 4.79. The molecule has 0 amide bonds. The Morgan fingerprint density at radius 2 is 2.11 bits per heavy atom. The number of rotatable bonds is 8. The lowest BCUT2D eigenvalue weighted by molar-refractivity contribution is 0.575. The van der Waals surface area contributed by atoms with Crippen molar-refractivity contribution in [3.8, 4) is 0 Å². The summed E-state index contributed by atoms with van der Waals surface area (Å²) in [7, 11) is -3.35. The minimum atomic E-state index is -3.35. The highest BCUT2D eigenvalue weighted by Gasteiger charge is 2.22. The fourth-order valence-electron chi connectivity index (χ4n) is 1.98. The molecule has 1 aliphatic rings. The van der Waals surface area contributed by atoms with Crippen molar-refractivity contribution in [1.82, 2.24) is 10.0 Å². The van der Waals surface area contributed by atoms with Gasteiger partial charge in [0, 0.05) is 13.1 Å². The molecule has 0 saturated heterocycles. The number of benzene rings is 1. The second-order valence-corrected chi connectivity index (χ2v) is 6.82. The van der Waals surface area contributed by atoms with Gasteiger partial charge in [-0.15, -0.1) is 0 Å². The van der Waals surface area contributed by atoms with E-state index in [0.29, 0.717) is 18.0 Å². The van der Waals surface area contributed by atoms with E-state index in [2.05, 4.69) is 10.0 Å². The van der Waals surface area contributed by atoms with Crippen molar-refractivity contribution in [2.24, 2.45) is 5.92 Å². The highest BCUT2D eigenvalue weighted by Crippen LogP contribution is 2.31. The van der Waals surface area contributed by atoms with E-state index in [1.54, 1.807) is 18.2 Å². The average molecular weight is 282 g/mol. The Morgan fingerprint density at radius 3 is 2.79 bits per heavy atom. The van der Waals surface area contributed by atoms with Crippen LogP contribution in [0.5, 0.6) is 0 Å². The molecule has 5 heteroatoms. The summed E-state index contributed by atoms with van der Waals surface area (Å²) in [4.78, 5) is 0.360. The van der Waals surface area contributed by atoms with Crippen molar-refractivity contribution in [1.29, 1.82) is 0 Å². The first-order valence-electron chi connectivity index (χ1n) is 6.91. The fourth-order valence-corrected chi connectivity index (χ4v) is 3.10. The molecule has 0 radical (unpaired) electrons. The zero-order valence-corrected chi connectivity index (χ0v) is 12.2. The fraction of sp³-hybridized carbons (Fsp3) is 0.571. The van der Waals surface area contributed by atoms with Crippen LogP contribution >= 0.6 is 0 Å². The van der Waals surface area contributed by atoms with E-state index in [0.717, 1.165) is 24.4 Å². The van der Waals surface area contributed by atoms with Crippen LogP contribution in [0, 0.1) is 5.92 Å². The van der Waals surface area contributed by atoms with Gasteiger partial charge in [-0.05, 0) is 36.6 Å². The van der Waals surface area contributed by atoms with Crippen LogP contribution in [-0.4, -0.2) is 21.5 Å². The maximum atomic E-state index is 12.1. The number of nitrogens with one attached hydrogen (secondary N) is 2. The molecule has 2 N–H and O–H groups in total. The van der Waals surface area contributed by atoms with Crippen molar-refractivity contribution >= 4 is 10.0 Å². The summed E-state index contributed by atoms with van der Waals surface area (Å²) in [6.07, 6.45) is 3.45. The van der Waals surface area contributed by atoms with Crippen LogP contribution in [0.1, 0.15) is 31.7 Å². The maximum absolute atomic E-state index is 12.1. The predicted octanol–water partition coefficient (Wildman–Crippen LogP) is 1.87. The number of hydrogen-bond acceptors (Lipinski definition) is 3. The van der Waals surface area contributed by atoms with Gasteiger partial charge in [-0.25, -0.2) is 13.1 Å². The summed E-state index contributed by atoms with van der Waals surface area (Å²) in [5, 5.41) is 3.19. The van der Waals surface area contributed by atoms with Gasteiger partial charge in [0.15, 0.2) is 0 Å². The molecule has 2 rings (SSSR count). The van der Waals surface area contributed by atoms with E-state index in [-0.39, 0.29) is 0 Å². The Balaban J connectivity index is 1.97. The van der Waals surface area contributed by atoms with E-state index in [1.165, 1.54) is 12.8 Å². The standard InChI is InChI=1S/C14H22N2O2S/c1-2-15-11-13-4-3-5-14(10-13)19(17,18)16-9-8-12-6-7-12/h3-5,10,12,15-16H,2,6-9,11H2,1H3. The molecule has 4 nitrogen and oxygen atoms in total. The van der Waals surface area contributed by atoms with Crippen molar-refractivity contribution in [2.45, 2.75) is 37.6 Å². The van der Waals surface area contributed by atoms with E-state index in [1.807, 2.05) is 13.0 Å². The minimum absolute atomic E-state index is 0.360. The predicted molar refractivity (Wildman–Crippen MR) is 76.4 cm³/mol. The van der Waals surface area contributed by atoms with Crippen LogP contribution in [0.2, 0.25) is 0 Å². The summed E-state index contributed by atoms with van der Waals surface area (Å²) in [6, 6.07) is 7.12.